The van der Waals surface area contributed by atoms with Crippen molar-refractivity contribution in [1.82, 2.24) is 14.5 Å². The molecule has 4 aromatic rings. The molecule has 2 atom stereocenters. The van der Waals surface area contributed by atoms with Gasteiger partial charge in [0, 0.05) is 26.2 Å². The maximum atomic E-state index is 14.2. The number of hydrogen-bond donors (Lipinski definition) is 2. The van der Waals surface area contributed by atoms with Gasteiger partial charge in [-0.3, -0.25) is 9.69 Å². The maximum absolute atomic E-state index is 14.2. The number of sulfonamides is 1. The first-order valence-electron chi connectivity index (χ1n) is 16.4. The standard InChI is InChI=1S/C38H48BN3O5S/c1-38(2,23-24-41(26-31-15-9-5-10-16-31)27-32-17-11-6-12-18-32)29-42(48(45,46)34-21-19-33(47-3)20-22-34)28-36(43)35(40-37(39)44)25-30-13-7-4-8-14-30/h4-22,35-36,43H,23-29,39H2,1-3H3,(H,40,44)/t35-,36+/m0/s1. The summed E-state index contributed by atoms with van der Waals surface area (Å²) in [6.07, 6.45) is -0.100. The molecule has 4 rings (SSSR count). The Morgan fingerprint density at radius 3 is 1.81 bits per heavy atom. The Labute approximate surface area is 287 Å². The van der Waals surface area contributed by atoms with E-state index in [1.54, 1.807) is 12.1 Å². The molecule has 0 unspecified atom stereocenters. The second kappa shape index (κ2) is 17.4. The first-order chi connectivity index (χ1) is 22.9. The summed E-state index contributed by atoms with van der Waals surface area (Å²) in [6, 6.07) is 35.8. The molecule has 254 valence electrons. The Morgan fingerprint density at radius 1 is 0.833 bits per heavy atom. The van der Waals surface area contributed by atoms with Gasteiger partial charge in [-0.2, -0.15) is 4.31 Å². The number of aliphatic hydroxyl groups excluding tert-OH is 1. The summed E-state index contributed by atoms with van der Waals surface area (Å²) in [4.78, 5) is 14.7. The molecule has 0 bridgehead atoms. The van der Waals surface area contributed by atoms with E-state index in [9.17, 15) is 18.3 Å². The second-order valence-electron chi connectivity index (χ2n) is 13.1. The van der Waals surface area contributed by atoms with E-state index in [2.05, 4.69) is 48.3 Å². The van der Waals surface area contributed by atoms with Crippen LogP contribution in [0.15, 0.2) is 120 Å². The molecule has 0 aliphatic rings. The summed E-state index contributed by atoms with van der Waals surface area (Å²) in [6.45, 7) is 6.36. The molecule has 48 heavy (non-hydrogen) atoms. The Bertz CT molecular complexity index is 1620. The van der Waals surface area contributed by atoms with E-state index in [4.69, 9.17) is 4.74 Å². The quantitative estimate of drug-likeness (QED) is 0.143. The minimum absolute atomic E-state index is 0.111. The molecule has 8 nitrogen and oxygen atoms in total. The van der Waals surface area contributed by atoms with E-state index < -0.39 is 27.6 Å². The smallest absolute Gasteiger partial charge is 0.243 e. The highest BCUT2D eigenvalue weighted by molar-refractivity contribution is 7.89. The summed E-state index contributed by atoms with van der Waals surface area (Å²) >= 11 is 0. The Morgan fingerprint density at radius 2 is 1.33 bits per heavy atom. The third-order valence-electron chi connectivity index (χ3n) is 8.45. The molecule has 1 amide bonds. The lowest BCUT2D eigenvalue weighted by molar-refractivity contribution is 0.0942. The van der Waals surface area contributed by atoms with Crippen LogP contribution in [0.3, 0.4) is 0 Å². The second-order valence-corrected chi connectivity index (χ2v) is 15.1. The number of ether oxygens (including phenoxy) is 1. The van der Waals surface area contributed by atoms with Crippen molar-refractivity contribution in [2.24, 2.45) is 5.41 Å². The summed E-state index contributed by atoms with van der Waals surface area (Å²) in [5.74, 6) is 0.253. The zero-order chi connectivity index (χ0) is 34.6. The number of amides is 1. The van der Waals surface area contributed by atoms with Gasteiger partial charge in [-0.15, -0.1) is 0 Å². The fourth-order valence-electron chi connectivity index (χ4n) is 5.81. The number of carbonyl (C=O) groups excluding carboxylic acids is 1. The highest BCUT2D eigenvalue weighted by atomic mass is 32.2. The number of hydrogen-bond acceptors (Lipinski definition) is 6. The number of rotatable bonds is 18. The number of nitrogens with zero attached hydrogens (tertiary/aromatic N) is 2. The fourth-order valence-corrected chi connectivity index (χ4v) is 7.45. The molecular formula is C38H48BN3O5S. The first kappa shape index (κ1) is 36.9. The summed E-state index contributed by atoms with van der Waals surface area (Å²) in [5, 5.41) is 14.4. The van der Waals surface area contributed by atoms with Crippen molar-refractivity contribution in [3.05, 3.63) is 132 Å². The van der Waals surface area contributed by atoms with Crippen LogP contribution in [0.4, 0.5) is 4.79 Å². The van der Waals surface area contributed by atoms with Crippen molar-refractivity contribution in [2.45, 2.75) is 56.8 Å². The number of benzene rings is 4. The fraction of sp³-hybridized carbons (Fsp3) is 0.342. The van der Waals surface area contributed by atoms with Crippen molar-refractivity contribution >= 4 is 23.7 Å². The lowest BCUT2D eigenvalue weighted by atomic mass is 9.88. The van der Waals surface area contributed by atoms with Crippen LogP contribution in [-0.4, -0.2) is 75.3 Å². The monoisotopic (exact) mass is 669 g/mol. The Balaban J connectivity index is 1.58. The average Bonchev–Trinajstić information content (AvgIpc) is 3.08. The summed E-state index contributed by atoms with van der Waals surface area (Å²) in [5.41, 5.74) is 2.88. The average molecular weight is 670 g/mol. The van der Waals surface area contributed by atoms with Crippen molar-refractivity contribution in [1.29, 1.82) is 0 Å². The number of methoxy groups -OCH3 is 1. The van der Waals surface area contributed by atoms with Gasteiger partial charge in [0.2, 0.25) is 17.9 Å². The summed E-state index contributed by atoms with van der Waals surface area (Å²) < 4.78 is 35.1. The Hall–Kier alpha value is -3.96. The minimum atomic E-state index is -4.03. The topological polar surface area (TPSA) is 99.2 Å². The van der Waals surface area contributed by atoms with Gasteiger partial charge in [0.25, 0.3) is 0 Å². The van der Waals surface area contributed by atoms with Crippen LogP contribution in [0, 0.1) is 5.41 Å². The number of aliphatic hydroxyl groups is 1. The zero-order valence-corrected chi connectivity index (χ0v) is 29.3. The van der Waals surface area contributed by atoms with Gasteiger partial charge in [-0.1, -0.05) is 105 Å². The molecule has 0 saturated carbocycles. The predicted octanol–water partition coefficient (Wildman–Crippen LogP) is 5.12. The number of carbonyl (C=O) groups is 1. The molecule has 4 aromatic carbocycles. The highest BCUT2D eigenvalue weighted by Gasteiger charge is 2.35. The molecule has 0 fully saturated rings. The number of nitrogens with one attached hydrogen (secondary N) is 1. The SMILES string of the molecule is BC(=O)N[C@@H](Cc1ccccc1)[C@H](O)CN(CC(C)(C)CCN(Cc1ccccc1)Cc1ccccc1)S(=O)(=O)c1ccc(OC)cc1. The molecule has 2 N–H and O–H groups in total. The van der Waals surface area contributed by atoms with Crippen LogP contribution >= 0.6 is 0 Å². The van der Waals surface area contributed by atoms with Gasteiger partial charge in [0.1, 0.15) is 5.75 Å². The van der Waals surface area contributed by atoms with Crippen LogP contribution in [0.1, 0.15) is 37.0 Å². The van der Waals surface area contributed by atoms with Crippen LogP contribution < -0.4 is 10.1 Å². The van der Waals surface area contributed by atoms with Crippen molar-refractivity contribution in [2.75, 3.05) is 26.7 Å². The van der Waals surface area contributed by atoms with Crippen LogP contribution in [0.25, 0.3) is 0 Å². The molecule has 0 aromatic heterocycles. The van der Waals surface area contributed by atoms with E-state index in [1.165, 1.54) is 42.5 Å². The van der Waals surface area contributed by atoms with Gasteiger partial charge in [0.05, 0.1) is 24.2 Å². The molecule has 0 aliphatic carbocycles. The largest absolute Gasteiger partial charge is 0.497 e. The van der Waals surface area contributed by atoms with Crippen molar-refractivity contribution in [3.63, 3.8) is 0 Å². The highest BCUT2D eigenvalue weighted by Crippen LogP contribution is 2.29. The van der Waals surface area contributed by atoms with E-state index in [0.29, 0.717) is 18.6 Å². The van der Waals surface area contributed by atoms with Crippen molar-refractivity contribution < 1.29 is 23.1 Å². The van der Waals surface area contributed by atoms with Crippen molar-refractivity contribution in [3.8, 4) is 5.75 Å². The maximum Gasteiger partial charge on any atom is 0.243 e. The lowest BCUT2D eigenvalue weighted by Gasteiger charge is -2.36. The van der Waals surface area contributed by atoms with Gasteiger partial charge in [-0.25, -0.2) is 8.42 Å². The molecule has 0 radical (unpaired) electrons. The van der Waals surface area contributed by atoms with E-state index in [0.717, 1.165) is 25.2 Å². The van der Waals surface area contributed by atoms with E-state index in [-0.39, 0.29) is 23.8 Å². The van der Waals surface area contributed by atoms with E-state index >= 15 is 0 Å². The molecule has 0 saturated heterocycles. The van der Waals surface area contributed by atoms with Gasteiger partial charge < -0.3 is 15.2 Å². The third-order valence-corrected chi connectivity index (χ3v) is 10.3. The molecular weight excluding hydrogens is 621 g/mol. The zero-order valence-electron chi connectivity index (χ0n) is 28.5. The first-order valence-corrected chi connectivity index (χ1v) is 17.8. The van der Waals surface area contributed by atoms with Crippen LogP contribution in [0.2, 0.25) is 0 Å². The molecule has 0 aliphatic heterocycles. The van der Waals surface area contributed by atoms with Gasteiger partial charge >= 0.3 is 0 Å². The van der Waals surface area contributed by atoms with Gasteiger partial charge in [0.15, 0.2) is 5.81 Å². The molecule has 0 spiro atoms. The molecule has 0 heterocycles. The predicted molar refractivity (Wildman–Crippen MR) is 194 cm³/mol. The summed E-state index contributed by atoms with van der Waals surface area (Å²) in [7, 11) is -1.10. The lowest BCUT2D eigenvalue weighted by Crippen LogP contribution is -2.52. The van der Waals surface area contributed by atoms with Crippen LogP contribution in [0.5, 0.6) is 5.75 Å². The minimum Gasteiger partial charge on any atom is -0.497 e. The van der Waals surface area contributed by atoms with Gasteiger partial charge in [-0.05, 0) is 65.8 Å². The molecule has 10 heteroatoms. The van der Waals surface area contributed by atoms with E-state index in [1.807, 2.05) is 66.7 Å². The Kier molecular flexibility index (Phi) is 13.4. The van der Waals surface area contributed by atoms with Crippen LogP contribution in [-0.2, 0) is 29.5 Å². The third kappa shape index (κ3) is 11.3. The normalized spacial score (nSPS) is 13.3.